The van der Waals surface area contributed by atoms with Gasteiger partial charge in [-0.25, -0.2) is 4.98 Å². The second-order valence-electron chi connectivity index (χ2n) is 5.74. The number of hydrazine groups is 1. The number of rotatable bonds is 3. The Morgan fingerprint density at radius 2 is 1.96 bits per heavy atom. The maximum absolute atomic E-state index is 13.1. The lowest BCUT2D eigenvalue weighted by atomic mass is 10.0. The molecule has 1 saturated carbocycles. The summed E-state index contributed by atoms with van der Waals surface area (Å²) in [7, 11) is 0. The number of halogens is 3. The van der Waals surface area contributed by atoms with Crippen LogP contribution in [0.5, 0.6) is 0 Å². The summed E-state index contributed by atoms with van der Waals surface area (Å²) in [5, 5.41) is 0. The van der Waals surface area contributed by atoms with Crippen molar-refractivity contribution in [1.29, 1.82) is 0 Å². The standard InChI is InChI=1S/C16H14F3N3O2S/c1-8-13(25-7-20-8)15(24)22-21-14(23)11-6-10(11)9-4-2-3-5-12(9)16(17,18)19/h2-5,7,10-11H,6H2,1H3,(H,21,23)(H,22,24)/t10-,11-/m1/s1. The highest BCUT2D eigenvalue weighted by Crippen LogP contribution is 2.50. The zero-order valence-corrected chi connectivity index (χ0v) is 13.9. The van der Waals surface area contributed by atoms with Crippen molar-refractivity contribution < 1.29 is 22.8 Å². The quantitative estimate of drug-likeness (QED) is 0.817. The molecule has 2 aromatic rings. The van der Waals surface area contributed by atoms with Crippen LogP contribution in [-0.4, -0.2) is 16.8 Å². The van der Waals surface area contributed by atoms with E-state index in [9.17, 15) is 22.8 Å². The van der Waals surface area contributed by atoms with Crippen molar-refractivity contribution in [3.8, 4) is 0 Å². The van der Waals surface area contributed by atoms with Crippen LogP contribution in [0.1, 0.15) is 38.8 Å². The topological polar surface area (TPSA) is 71.1 Å². The first-order valence-corrected chi connectivity index (χ1v) is 8.33. The van der Waals surface area contributed by atoms with Gasteiger partial charge in [0.05, 0.1) is 16.8 Å². The molecule has 2 amide bonds. The molecule has 25 heavy (non-hydrogen) atoms. The van der Waals surface area contributed by atoms with Gasteiger partial charge in [-0.15, -0.1) is 11.3 Å². The van der Waals surface area contributed by atoms with E-state index in [1.807, 2.05) is 0 Å². The summed E-state index contributed by atoms with van der Waals surface area (Å²) in [4.78, 5) is 28.3. The third-order valence-electron chi connectivity index (χ3n) is 4.04. The maximum atomic E-state index is 13.1. The summed E-state index contributed by atoms with van der Waals surface area (Å²) in [6.45, 7) is 1.66. The van der Waals surface area contributed by atoms with E-state index < -0.39 is 35.4 Å². The van der Waals surface area contributed by atoms with Crippen LogP contribution < -0.4 is 10.9 Å². The average Bonchev–Trinajstić information content (AvgIpc) is 3.25. The van der Waals surface area contributed by atoms with Crippen LogP contribution >= 0.6 is 11.3 Å². The molecule has 0 saturated heterocycles. The van der Waals surface area contributed by atoms with Crippen LogP contribution in [-0.2, 0) is 11.0 Å². The van der Waals surface area contributed by atoms with Gasteiger partial charge >= 0.3 is 6.18 Å². The van der Waals surface area contributed by atoms with Gasteiger partial charge in [-0.3, -0.25) is 20.4 Å². The lowest BCUT2D eigenvalue weighted by molar-refractivity contribution is -0.138. The minimum Gasteiger partial charge on any atom is -0.273 e. The normalized spacial score (nSPS) is 19.4. The fourth-order valence-electron chi connectivity index (χ4n) is 2.69. The molecule has 2 N–H and O–H groups in total. The second-order valence-corrected chi connectivity index (χ2v) is 6.60. The van der Waals surface area contributed by atoms with Crippen LogP contribution in [0.15, 0.2) is 29.8 Å². The Balaban J connectivity index is 1.62. The molecule has 2 atom stereocenters. The SMILES string of the molecule is Cc1ncsc1C(=O)NNC(=O)[C@@H]1C[C@@H]1c1ccccc1C(F)(F)F. The molecular formula is C16H14F3N3O2S. The number of carbonyl (C=O) groups excluding carboxylic acids is 2. The van der Waals surface area contributed by atoms with E-state index in [0.717, 1.165) is 17.4 Å². The van der Waals surface area contributed by atoms with E-state index in [4.69, 9.17) is 0 Å². The predicted octanol–water partition coefficient (Wildman–Crippen LogP) is 3.04. The fourth-order valence-corrected chi connectivity index (χ4v) is 3.39. The Hall–Kier alpha value is -2.42. The predicted molar refractivity (Wildman–Crippen MR) is 84.8 cm³/mol. The number of benzene rings is 1. The van der Waals surface area contributed by atoms with Crippen molar-refractivity contribution in [1.82, 2.24) is 15.8 Å². The van der Waals surface area contributed by atoms with Crippen molar-refractivity contribution in [3.63, 3.8) is 0 Å². The molecule has 0 spiro atoms. The van der Waals surface area contributed by atoms with Gasteiger partial charge in [0, 0.05) is 5.92 Å². The van der Waals surface area contributed by atoms with Gasteiger partial charge in [0.15, 0.2) is 0 Å². The number of aryl methyl sites for hydroxylation is 1. The molecule has 1 fully saturated rings. The van der Waals surface area contributed by atoms with E-state index in [-0.39, 0.29) is 5.56 Å². The molecule has 0 bridgehead atoms. The lowest BCUT2D eigenvalue weighted by Gasteiger charge is -2.12. The fraction of sp³-hybridized carbons (Fsp3) is 0.312. The average molecular weight is 369 g/mol. The first kappa shape index (κ1) is 17.4. The van der Waals surface area contributed by atoms with Gasteiger partial charge in [-0.1, -0.05) is 18.2 Å². The summed E-state index contributed by atoms with van der Waals surface area (Å²) in [5.74, 6) is -2.09. The van der Waals surface area contributed by atoms with Gasteiger partial charge in [0.1, 0.15) is 4.88 Å². The van der Waals surface area contributed by atoms with Crippen LogP contribution in [0.3, 0.4) is 0 Å². The first-order chi connectivity index (χ1) is 11.8. The molecule has 3 rings (SSSR count). The van der Waals surface area contributed by atoms with Gasteiger partial charge in [-0.05, 0) is 30.9 Å². The van der Waals surface area contributed by atoms with E-state index in [1.165, 1.54) is 23.7 Å². The summed E-state index contributed by atoms with van der Waals surface area (Å²) in [6, 6.07) is 5.24. The summed E-state index contributed by atoms with van der Waals surface area (Å²) >= 11 is 1.14. The highest BCUT2D eigenvalue weighted by atomic mass is 32.1. The number of hydrogen-bond donors (Lipinski definition) is 2. The molecule has 1 aliphatic rings. The Labute approximate surface area is 145 Å². The summed E-state index contributed by atoms with van der Waals surface area (Å²) in [5.41, 5.74) is 5.99. The smallest absolute Gasteiger partial charge is 0.273 e. The van der Waals surface area contributed by atoms with Gasteiger partial charge in [0.2, 0.25) is 5.91 Å². The number of amides is 2. The maximum Gasteiger partial charge on any atom is 0.416 e. The molecule has 1 aromatic carbocycles. The minimum atomic E-state index is -4.46. The number of nitrogens with one attached hydrogen (secondary N) is 2. The van der Waals surface area contributed by atoms with Crippen molar-refractivity contribution in [3.05, 3.63) is 51.5 Å². The zero-order valence-electron chi connectivity index (χ0n) is 13.1. The Kier molecular flexibility index (Phi) is 4.51. The number of hydrogen-bond acceptors (Lipinski definition) is 4. The highest BCUT2D eigenvalue weighted by Gasteiger charge is 2.47. The second kappa shape index (κ2) is 6.47. The van der Waals surface area contributed by atoms with Crippen LogP contribution in [0, 0.1) is 12.8 Å². The van der Waals surface area contributed by atoms with E-state index in [0.29, 0.717) is 17.0 Å². The van der Waals surface area contributed by atoms with Crippen molar-refractivity contribution in [2.75, 3.05) is 0 Å². The molecular weight excluding hydrogens is 355 g/mol. The van der Waals surface area contributed by atoms with Gasteiger partial charge in [0.25, 0.3) is 5.91 Å². The number of carbonyl (C=O) groups is 2. The third kappa shape index (κ3) is 3.65. The molecule has 1 aliphatic carbocycles. The summed E-state index contributed by atoms with van der Waals surface area (Å²) < 4.78 is 39.2. The largest absolute Gasteiger partial charge is 0.416 e. The number of aromatic nitrogens is 1. The molecule has 0 unspecified atom stereocenters. The van der Waals surface area contributed by atoms with Crippen LogP contribution in [0.2, 0.25) is 0 Å². The third-order valence-corrected chi connectivity index (χ3v) is 4.97. The monoisotopic (exact) mass is 369 g/mol. The van der Waals surface area contributed by atoms with Crippen LogP contribution in [0.4, 0.5) is 13.2 Å². The zero-order chi connectivity index (χ0) is 18.2. The Morgan fingerprint density at radius 3 is 2.60 bits per heavy atom. The Bertz CT molecular complexity index is 819. The molecule has 1 aromatic heterocycles. The summed E-state index contributed by atoms with van der Waals surface area (Å²) in [6.07, 6.45) is -4.15. The molecule has 9 heteroatoms. The molecule has 132 valence electrons. The number of alkyl halides is 3. The first-order valence-electron chi connectivity index (χ1n) is 7.45. The van der Waals surface area contributed by atoms with Crippen molar-refractivity contribution in [2.45, 2.75) is 25.4 Å². The van der Waals surface area contributed by atoms with Crippen LogP contribution in [0.25, 0.3) is 0 Å². The molecule has 5 nitrogen and oxygen atoms in total. The van der Waals surface area contributed by atoms with Gasteiger partial charge in [-0.2, -0.15) is 13.2 Å². The van der Waals surface area contributed by atoms with Crippen molar-refractivity contribution >= 4 is 23.2 Å². The van der Waals surface area contributed by atoms with Crippen molar-refractivity contribution in [2.24, 2.45) is 5.92 Å². The van der Waals surface area contributed by atoms with E-state index >= 15 is 0 Å². The molecule has 1 heterocycles. The highest BCUT2D eigenvalue weighted by molar-refractivity contribution is 7.11. The number of nitrogens with zero attached hydrogens (tertiary/aromatic N) is 1. The van der Waals surface area contributed by atoms with Gasteiger partial charge < -0.3 is 0 Å². The minimum absolute atomic E-state index is 0.111. The number of thiazole rings is 1. The molecule has 0 aliphatic heterocycles. The Morgan fingerprint density at radius 1 is 1.24 bits per heavy atom. The van der Waals surface area contributed by atoms with E-state index in [1.54, 1.807) is 6.92 Å². The molecule has 0 radical (unpaired) electrons. The van der Waals surface area contributed by atoms with E-state index in [2.05, 4.69) is 15.8 Å². The lowest BCUT2D eigenvalue weighted by Crippen LogP contribution is -2.42.